The Bertz CT molecular complexity index is 676. The summed E-state index contributed by atoms with van der Waals surface area (Å²) in [6.45, 7) is 8.16. The van der Waals surface area contributed by atoms with Crippen molar-refractivity contribution in [2.24, 2.45) is 12.2 Å². The first-order valence-corrected chi connectivity index (χ1v) is 7.84. The average molecular weight is 359 g/mol. The van der Waals surface area contributed by atoms with E-state index in [2.05, 4.69) is 5.16 Å². The number of carboxylic acid groups (broad SMARTS) is 1. The van der Waals surface area contributed by atoms with E-state index in [0.29, 0.717) is 6.61 Å². The van der Waals surface area contributed by atoms with Gasteiger partial charge in [0.25, 0.3) is 5.56 Å². The number of pyridine rings is 1. The smallest absolute Gasteiger partial charge is 0.339 e. The summed E-state index contributed by atoms with van der Waals surface area (Å²) >= 11 is 5.98. The zero-order valence-corrected chi connectivity index (χ0v) is 15.3. The van der Waals surface area contributed by atoms with E-state index in [0.717, 1.165) is 4.57 Å². The third kappa shape index (κ3) is 5.65. The maximum absolute atomic E-state index is 11.8. The van der Waals surface area contributed by atoms with Crippen LogP contribution >= 0.6 is 11.6 Å². The molecular weight excluding hydrogens is 336 g/mol. The molecule has 0 aromatic carbocycles. The van der Waals surface area contributed by atoms with Crippen molar-refractivity contribution in [3.05, 3.63) is 32.7 Å². The van der Waals surface area contributed by atoms with Gasteiger partial charge in [-0.3, -0.25) is 4.79 Å². The lowest BCUT2D eigenvalue weighted by Crippen LogP contribution is -2.23. The number of nitrogens with zero attached hydrogens (tertiary/aromatic N) is 2. The number of aromatic nitrogens is 1. The van der Waals surface area contributed by atoms with Crippen LogP contribution < -0.4 is 5.56 Å². The number of halogens is 1. The Hall–Kier alpha value is -1.86. The van der Waals surface area contributed by atoms with Crippen LogP contribution in [-0.2, 0) is 16.6 Å². The van der Waals surface area contributed by atoms with Crippen LogP contribution in [0.4, 0.5) is 0 Å². The molecular formula is C16H23ClN2O5. The number of rotatable bonds is 7. The van der Waals surface area contributed by atoms with Gasteiger partial charge in [-0.1, -0.05) is 23.7 Å². The van der Waals surface area contributed by atoms with Gasteiger partial charge in [0.1, 0.15) is 11.8 Å². The molecule has 1 atom stereocenters. The lowest BCUT2D eigenvalue weighted by molar-refractivity contribution is -0.0340. The number of hydrogen-bond donors (Lipinski definition) is 1. The van der Waals surface area contributed by atoms with Gasteiger partial charge >= 0.3 is 5.97 Å². The van der Waals surface area contributed by atoms with Crippen molar-refractivity contribution < 1.29 is 19.5 Å². The van der Waals surface area contributed by atoms with Gasteiger partial charge in [0, 0.05) is 19.0 Å². The number of aromatic carboxylic acids is 1. The van der Waals surface area contributed by atoms with Crippen molar-refractivity contribution in [1.82, 2.24) is 4.57 Å². The van der Waals surface area contributed by atoms with E-state index >= 15 is 0 Å². The molecule has 0 aliphatic heterocycles. The van der Waals surface area contributed by atoms with Crippen molar-refractivity contribution in [3.8, 4) is 0 Å². The van der Waals surface area contributed by atoms with Crippen LogP contribution in [0.1, 0.15) is 49.5 Å². The molecule has 0 radical (unpaired) electrons. The Labute approximate surface area is 145 Å². The van der Waals surface area contributed by atoms with Gasteiger partial charge in [-0.15, -0.1) is 0 Å². The topological polar surface area (TPSA) is 90.1 Å². The molecule has 0 saturated carbocycles. The molecule has 1 unspecified atom stereocenters. The Morgan fingerprint density at radius 3 is 2.62 bits per heavy atom. The molecule has 134 valence electrons. The van der Waals surface area contributed by atoms with Crippen LogP contribution in [0.2, 0.25) is 5.15 Å². The summed E-state index contributed by atoms with van der Waals surface area (Å²) in [6.07, 6.45) is 1.43. The maximum Gasteiger partial charge on any atom is 0.339 e. The quantitative estimate of drug-likeness (QED) is 0.350. The van der Waals surface area contributed by atoms with E-state index < -0.39 is 11.9 Å². The molecule has 0 amide bonds. The SMILES string of the molecule is CC(/C=N\OCCOC(C)(C)C)c1cc(=O)n(C)c(Cl)c1C(=O)O. The molecule has 0 bridgehead atoms. The van der Waals surface area contributed by atoms with Gasteiger partial charge in [0.2, 0.25) is 0 Å². The summed E-state index contributed by atoms with van der Waals surface area (Å²) in [4.78, 5) is 28.4. The van der Waals surface area contributed by atoms with Gasteiger partial charge < -0.3 is 19.2 Å². The van der Waals surface area contributed by atoms with Crippen LogP contribution in [0.25, 0.3) is 0 Å². The van der Waals surface area contributed by atoms with Gasteiger partial charge in [-0.25, -0.2) is 4.79 Å². The highest BCUT2D eigenvalue weighted by atomic mass is 35.5. The maximum atomic E-state index is 11.8. The highest BCUT2D eigenvalue weighted by Crippen LogP contribution is 2.23. The summed E-state index contributed by atoms with van der Waals surface area (Å²) < 4.78 is 6.56. The zero-order valence-electron chi connectivity index (χ0n) is 14.5. The highest BCUT2D eigenvalue weighted by Gasteiger charge is 2.21. The third-order valence-corrected chi connectivity index (χ3v) is 3.61. The monoisotopic (exact) mass is 358 g/mol. The van der Waals surface area contributed by atoms with E-state index in [1.165, 1.54) is 19.3 Å². The molecule has 24 heavy (non-hydrogen) atoms. The molecule has 1 heterocycles. The molecule has 8 heteroatoms. The fourth-order valence-corrected chi connectivity index (χ4v) is 2.18. The Morgan fingerprint density at radius 1 is 1.46 bits per heavy atom. The second-order valence-corrected chi connectivity index (χ2v) is 6.66. The van der Waals surface area contributed by atoms with Crippen LogP contribution in [0.3, 0.4) is 0 Å². The molecule has 1 rings (SSSR count). The van der Waals surface area contributed by atoms with Crippen molar-refractivity contribution in [2.45, 2.75) is 39.2 Å². The van der Waals surface area contributed by atoms with Crippen molar-refractivity contribution >= 4 is 23.8 Å². The summed E-state index contributed by atoms with van der Waals surface area (Å²) in [5, 5.41) is 13.0. The van der Waals surface area contributed by atoms with E-state index in [-0.39, 0.29) is 34.0 Å². The predicted octanol–water partition coefficient (Wildman–Crippen LogP) is 2.66. The average Bonchev–Trinajstić information content (AvgIpc) is 2.46. The summed E-state index contributed by atoms with van der Waals surface area (Å²) in [5.41, 5.74) is -0.472. The lowest BCUT2D eigenvalue weighted by atomic mass is 9.98. The largest absolute Gasteiger partial charge is 0.478 e. The second-order valence-electron chi connectivity index (χ2n) is 6.31. The van der Waals surface area contributed by atoms with Crippen LogP contribution in [0.15, 0.2) is 16.0 Å². The van der Waals surface area contributed by atoms with Crippen LogP contribution in [-0.4, -0.2) is 40.7 Å². The van der Waals surface area contributed by atoms with Gasteiger partial charge in [0.05, 0.1) is 24.0 Å². The molecule has 0 aliphatic carbocycles. The summed E-state index contributed by atoms with van der Waals surface area (Å²) in [5.74, 6) is -1.66. The molecule has 0 fully saturated rings. The van der Waals surface area contributed by atoms with E-state index in [1.807, 2.05) is 20.8 Å². The highest BCUT2D eigenvalue weighted by molar-refractivity contribution is 6.32. The minimum atomic E-state index is -1.20. The molecule has 0 spiro atoms. The minimum Gasteiger partial charge on any atom is -0.478 e. The fraction of sp³-hybridized carbons (Fsp3) is 0.562. The number of carboxylic acids is 1. The molecule has 7 nitrogen and oxygen atoms in total. The molecule has 0 saturated heterocycles. The third-order valence-electron chi connectivity index (χ3n) is 3.17. The lowest BCUT2D eigenvalue weighted by Gasteiger charge is -2.18. The number of carbonyl (C=O) groups is 1. The normalized spacial score (nSPS) is 13.2. The first-order valence-electron chi connectivity index (χ1n) is 7.46. The van der Waals surface area contributed by atoms with Crippen LogP contribution in [0.5, 0.6) is 0 Å². The number of ether oxygens (including phenoxy) is 1. The minimum absolute atomic E-state index is 0.117. The predicted molar refractivity (Wildman–Crippen MR) is 92.2 cm³/mol. The van der Waals surface area contributed by atoms with Crippen molar-refractivity contribution in [1.29, 1.82) is 0 Å². The van der Waals surface area contributed by atoms with Crippen molar-refractivity contribution in [2.75, 3.05) is 13.2 Å². The van der Waals surface area contributed by atoms with E-state index in [1.54, 1.807) is 6.92 Å². The summed E-state index contributed by atoms with van der Waals surface area (Å²) in [6, 6.07) is 1.24. The Morgan fingerprint density at radius 2 is 2.08 bits per heavy atom. The second kappa shape index (κ2) is 8.30. The molecule has 1 N–H and O–H groups in total. The molecule has 0 aliphatic rings. The zero-order chi connectivity index (χ0) is 18.5. The van der Waals surface area contributed by atoms with Crippen molar-refractivity contribution in [3.63, 3.8) is 0 Å². The van der Waals surface area contributed by atoms with E-state index in [4.69, 9.17) is 21.2 Å². The number of oxime groups is 1. The van der Waals surface area contributed by atoms with Gasteiger partial charge in [-0.05, 0) is 26.3 Å². The Balaban J connectivity index is 2.81. The first-order chi connectivity index (χ1) is 11.0. The Kier molecular flexibility index (Phi) is 6.98. The number of hydrogen-bond acceptors (Lipinski definition) is 5. The molecule has 1 aromatic heterocycles. The van der Waals surface area contributed by atoms with E-state index in [9.17, 15) is 14.7 Å². The summed E-state index contributed by atoms with van der Waals surface area (Å²) in [7, 11) is 1.41. The van der Waals surface area contributed by atoms with Crippen LogP contribution in [0, 0.1) is 0 Å². The van der Waals surface area contributed by atoms with Gasteiger partial charge in [0.15, 0.2) is 0 Å². The molecule has 1 aromatic rings. The standard InChI is InChI=1S/C16H23ClN2O5/c1-10(9-18-24-7-6-23-16(2,3)4)11-8-12(20)19(5)14(17)13(11)15(21)22/h8-10H,6-7H2,1-5H3,(H,21,22)/b18-9-. The fourth-order valence-electron chi connectivity index (χ4n) is 1.91. The first kappa shape index (κ1) is 20.2. The van der Waals surface area contributed by atoms with Gasteiger partial charge in [-0.2, -0.15) is 0 Å².